The zero-order chi connectivity index (χ0) is 14.8. The van der Waals surface area contributed by atoms with Crippen LogP contribution in [0.1, 0.15) is 49.7 Å². The van der Waals surface area contributed by atoms with Gasteiger partial charge in [-0.05, 0) is 51.3 Å². The number of imidazole rings is 1. The number of hydrogen-bond donors (Lipinski definition) is 1. The first-order chi connectivity index (χ1) is 10.2. The SMILES string of the molecule is CCNC(C)c1c(F)cccc1-n1cnc2c1CCCC2. The van der Waals surface area contributed by atoms with Crippen LogP contribution in [0.5, 0.6) is 0 Å². The second-order valence-corrected chi connectivity index (χ2v) is 5.67. The van der Waals surface area contributed by atoms with Crippen LogP contribution in [-0.2, 0) is 12.8 Å². The molecule has 112 valence electrons. The molecule has 0 spiro atoms. The minimum Gasteiger partial charge on any atom is -0.310 e. The van der Waals surface area contributed by atoms with Gasteiger partial charge in [-0.2, -0.15) is 0 Å². The number of hydrogen-bond acceptors (Lipinski definition) is 2. The van der Waals surface area contributed by atoms with Gasteiger partial charge in [0.05, 0.1) is 17.7 Å². The average molecular weight is 287 g/mol. The maximum Gasteiger partial charge on any atom is 0.130 e. The van der Waals surface area contributed by atoms with E-state index < -0.39 is 0 Å². The van der Waals surface area contributed by atoms with Crippen molar-refractivity contribution in [3.05, 3.63) is 47.3 Å². The van der Waals surface area contributed by atoms with Crippen LogP contribution in [0, 0.1) is 5.82 Å². The highest BCUT2D eigenvalue weighted by Gasteiger charge is 2.21. The van der Waals surface area contributed by atoms with Gasteiger partial charge in [0.2, 0.25) is 0 Å². The summed E-state index contributed by atoms with van der Waals surface area (Å²) in [5.41, 5.74) is 4.06. The zero-order valence-electron chi connectivity index (χ0n) is 12.7. The lowest BCUT2D eigenvalue weighted by atomic mass is 10.00. The largest absolute Gasteiger partial charge is 0.310 e. The summed E-state index contributed by atoms with van der Waals surface area (Å²) < 4.78 is 16.5. The molecule has 1 N–H and O–H groups in total. The van der Waals surface area contributed by atoms with Crippen molar-refractivity contribution in [1.29, 1.82) is 0 Å². The third kappa shape index (κ3) is 2.60. The van der Waals surface area contributed by atoms with Crippen LogP contribution in [0.4, 0.5) is 4.39 Å². The van der Waals surface area contributed by atoms with Crippen LogP contribution >= 0.6 is 0 Å². The number of aryl methyl sites for hydroxylation is 1. The van der Waals surface area contributed by atoms with E-state index in [2.05, 4.69) is 14.9 Å². The molecule has 0 amide bonds. The minimum atomic E-state index is -0.154. The maximum atomic E-state index is 14.4. The van der Waals surface area contributed by atoms with Gasteiger partial charge in [-0.25, -0.2) is 9.37 Å². The van der Waals surface area contributed by atoms with Gasteiger partial charge in [0.15, 0.2) is 0 Å². The normalized spacial score (nSPS) is 15.8. The highest BCUT2D eigenvalue weighted by molar-refractivity contribution is 5.46. The second-order valence-electron chi connectivity index (χ2n) is 5.67. The van der Waals surface area contributed by atoms with Crippen molar-refractivity contribution in [2.75, 3.05) is 6.54 Å². The number of halogens is 1. The Morgan fingerprint density at radius 3 is 2.95 bits per heavy atom. The molecule has 0 aliphatic heterocycles. The van der Waals surface area contributed by atoms with Gasteiger partial charge in [0, 0.05) is 17.3 Å². The van der Waals surface area contributed by atoms with Crippen molar-refractivity contribution >= 4 is 0 Å². The number of nitrogens with zero attached hydrogens (tertiary/aromatic N) is 2. The smallest absolute Gasteiger partial charge is 0.130 e. The molecule has 1 aromatic heterocycles. The first-order valence-corrected chi connectivity index (χ1v) is 7.79. The molecule has 4 heteroatoms. The van der Waals surface area contributed by atoms with Gasteiger partial charge in [0.25, 0.3) is 0 Å². The highest BCUT2D eigenvalue weighted by atomic mass is 19.1. The maximum absolute atomic E-state index is 14.4. The molecule has 0 bridgehead atoms. The number of fused-ring (bicyclic) bond motifs is 1. The van der Waals surface area contributed by atoms with Gasteiger partial charge in [-0.15, -0.1) is 0 Å². The Kier molecular flexibility index (Phi) is 4.06. The van der Waals surface area contributed by atoms with E-state index >= 15 is 0 Å². The summed E-state index contributed by atoms with van der Waals surface area (Å²) in [5, 5.41) is 3.31. The molecule has 0 fully saturated rings. The van der Waals surface area contributed by atoms with E-state index in [4.69, 9.17) is 0 Å². The van der Waals surface area contributed by atoms with E-state index in [1.807, 2.05) is 26.2 Å². The lowest BCUT2D eigenvalue weighted by molar-refractivity contribution is 0.537. The van der Waals surface area contributed by atoms with Crippen molar-refractivity contribution in [2.45, 2.75) is 45.6 Å². The van der Waals surface area contributed by atoms with Crippen molar-refractivity contribution in [3.63, 3.8) is 0 Å². The summed E-state index contributed by atoms with van der Waals surface area (Å²) in [6, 6.07) is 5.29. The van der Waals surface area contributed by atoms with Crippen LogP contribution in [0.2, 0.25) is 0 Å². The first kappa shape index (κ1) is 14.3. The topological polar surface area (TPSA) is 29.9 Å². The van der Waals surface area contributed by atoms with Gasteiger partial charge in [0.1, 0.15) is 5.82 Å². The van der Waals surface area contributed by atoms with Crippen molar-refractivity contribution in [3.8, 4) is 5.69 Å². The molecule has 1 atom stereocenters. The number of nitrogens with one attached hydrogen (secondary N) is 1. The van der Waals surface area contributed by atoms with Crippen molar-refractivity contribution in [2.24, 2.45) is 0 Å². The Morgan fingerprint density at radius 1 is 1.33 bits per heavy atom. The lowest BCUT2D eigenvalue weighted by Crippen LogP contribution is -2.21. The molecular weight excluding hydrogens is 265 g/mol. The van der Waals surface area contributed by atoms with Gasteiger partial charge < -0.3 is 9.88 Å². The van der Waals surface area contributed by atoms with E-state index in [1.165, 1.54) is 30.3 Å². The summed E-state index contributed by atoms with van der Waals surface area (Å²) in [6.45, 7) is 4.86. The Morgan fingerprint density at radius 2 is 2.14 bits per heavy atom. The monoisotopic (exact) mass is 287 g/mol. The third-order valence-electron chi connectivity index (χ3n) is 4.26. The van der Waals surface area contributed by atoms with Gasteiger partial charge in [-0.1, -0.05) is 13.0 Å². The van der Waals surface area contributed by atoms with Gasteiger partial charge >= 0.3 is 0 Å². The van der Waals surface area contributed by atoms with Gasteiger partial charge in [-0.3, -0.25) is 0 Å². The summed E-state index contributed by atoms with van der Waals surface area (Å²) in [5.74, 6) is -0.154. The molecule has 0 radical (unpaired) electrons. The molecule has 1 heterocycles. The van der Waals surface area contributed by atoms with E-state index in [0.29, 0.717) is 0 Å². The number of rotatable bonds is 4. The summed E-state index contributed by atoms with van der Waals surface area (Å²) in [7, 11) is 0. The first-order valence-electron chi connectivity index (χ1n) is 7.79. The van der Waals surface area contributed by atoms with Crippen LogP contribution in [0.15, 0.2) is 24.5 Å². The summed E-state index contributed by atoms with van der Waals surface area (Å²) in [4.78, 5) is 4.53. The summed E-state index contributed by atoms with van der Waals surface area (Å²) >= 11 is 0. The fourth-order valence-corrected chi connectivity index (χ4v) is 3.25. The van der Waals surface area contributed by atoms with Crippen LogP contribution in [0.3, 0.4) is 0 Å². The predicted molar refractivity (Wildman–Crippen MR) is 82.3 cm³/mol. The molecule has 3 rings (SSSR count). The van der Waals surface area contributed by atoms with E-state index in [1.54, 1.807) is 6.07 Å². The standard InChI is InChI=1S/C17H22FN3/c1-3-19-12(2)17-13(18)7-6-10-16(17)21-11-20-14-8-4-5-9-15(14)21/h6-7,10-12,19H,3-5,8-9H2,1-2H3. The zero-order valence-corrected chi connectivity index (χ0v) is 12.7. The molecule has 2 aromatic rings. The van der Waals surface area contributed by atoms with E-state index in [0.717, 1.165) is 30.6 Å². The summed E-state index contributed by atoms with van der Waals surface area (Å²) in [6.07, 6.45) is 6.31. The van der Waals surface area contributed by atoms with E-state index in [9.17, 15) is 4.39 Å². The van der Waals surface area contributed by atoms with Crippen LogP contribution < -0.4 is 5.32 Å². The van der Waals surface area contributed by atoms with Crippen molar-refractivity contribution < 1.29 is 4.39 Å². The second kappa shape index (κ2) is 5.98. The van der Waals surface area contributed by atoms with Crippen molar-refractivity contribution in [1.82, 2.24) is 14.9 Å². The lowest BCUT2D eigenvalue weighted by Gasteiger charge is -2.21. The fraction of sp³-hybridized carbons (Fsp3) is 0.471. The molecule has 3 nitrogen and oxygen atoms in total. The quantitative estimate of drug-likeness (QED) is 0.932. The fourth-order valence-electron chi connectivity index (χ4n) is 3.25. The minimum absolute atomic E-state index is 0.0205. The molecule has 0 saturated carbocycles. The highest BCUT2D eigenvalue weighted by Crippen LogP contribution is 2.29. The number of aromatic nitrogens is 2. The van der Waals surface area contributed by atoms with Crippen LogP contribution in [-0.4, -0.2) is 16.1 Å². The molecule has 1 aromatic carbocycles. The molecule has 0 saturated heterocycles. The van der Waals surface area contributed by atoms with E-state index in [-0.39, 0.29) is 11.9 Å². The average Bonchev–Trinajstić information content (AvgIpc) is 2.91. The molecule has 1 unspecified atom stereocenters. The molecule has 1 aliphatic rings. The Balaban J connectivity index is 2.10. The molecule has 1 aliphatic carbocycles. The Labute approximate surface area is 125 Å². The predicted octanol–water partition coefficient (Wildman–Crippen LogP) is 3.56. The molecular formula is C17H22FN3. The van der Waals surface area contributed by atoms with Crippen LogP contribution in [0.25, 0.3) is 5.69 Å². The Bertz CT molecular complexity index is 633. The Hall–Kier alpha value is -1.68. The number of benzene rings is 1. The third-order valence-corrected chi connectivity index (χ3v) is 4.26. The molecule has 21 heavy (non-hydrogen) atoms.